The number of nitrogens with one attached hydrogen (secondary N) is 1. The smallest absolute Gasteiger partial charge is 0.194 e. The van der Waals surface area contributed by atoms with E-state index in [0.717, 1.165) is 28.4 Å². The zero-order valence-electron chi connectivity index (χ0n) is 17.0. The molecule has 31 heavy (non-hydrogen) atoms. The van der Waals surface area contributed by atoms with Crippen molar-refractivity contribution in [2.24, 2.45) is 0 Å². The fourth-order valence-electron chi connectivity index (χ4n) is 3.46. The molecule has 0 aliphatic heterocycles. The van der Waals surface area contributed by atoms with E-state index in [9.17, 15) is 0 Å². The summed E-state index contributed by atoms with van der Waals surface area (Å²) in [5.74, 6) is 2.18. The first-order valence-corrected chi connectivity index (χ1v) is 9.79. The molecule has 1 N–H and O–H groups in total. The van der Waals surface area contributed by atoms with Crippen LogP contribution in [0.3, 0.4) is 0 Å². The Labute approximate surface area is 178 Å². The molecule has 5 aromatic rings. The Morgan fingerprint density at radius 1 is 1.03 bits per heavy atom. The lowest BCUT2D eigenvalue weighted by atomic mass is 10.1. The number of H-pyrrole nitrogens is 1. The first kappa shape index (κ1) is 18.7. The molecule has 0 radical (unpaired) electrons. The number of hydrogen-bond acceptors (Lipinski definition) is 7. The maximum Gasteiger partial charge on any atom is 0.194 e. The van der Waals surface area contributed by atoms with Crippen LogP contribution in [0.25, 0.3) is 5.65 Å². The predicted molar refractivity (Wildman–Crippen MR) is 115 cm³/mol. The first-order valence-electron chi connectivity index (χ1n) is 9.79. The average molecular weight is 412 g/mol. The zero-order valence-corrected chi connectivity index (χ0v) is 17.0. The monoisotopic (exact) mass is 412 g/mol. The van der Waals surface area contributed by atoms with Crippen LogP contribution in [-0.2, 0) is 0 Å². The van der Waals surface area contributed by atoms with Gasteiger partial charge in [-0.1, -0.05) is 30.3 Å². The lowest BCUT2D eigenvalue weighted by Gasteiger charge is -2.21. The van der Waals surface area contributed by atoms with Gasteiger partial charge in [-0.2, -0.15) is 9.61 Å². The van der Waals surface area contributed by atoms with Gasteiger partial charge in [0.1, 0.15) is 11.6 Å². The molecule has 2 aromatic carbocycles. The summed E-state index contributed by atoms with van der Waals surface area (Å²) in [6.07, 6.45) is 1.31. The average Bonchev–Trinajstić information content (AvgIpc) is 3.49. The van der Waals surface area contributed by atoms with Crippen LogP contribution in [0.5, 0.6) is 5.75 Å². The predicted octanol–water partition coefficient (Wildman–Crippen LogP) is 3.49. The molecule has 1 unspecified atom stereocenters. The van der Waals surface area contributed by atoms with Gasteiger partial charge in [-0.05, 0) is 41.6 Å². The molecule has 0 aliphatic rings. The second-order valence-electron chi connectivity index (χ2n) is 7.10. The summed E-state index contributed by atoms with van der Waals surface area (Å²) in [6, 6.07) is 21.6. The molecule has 5 rings (SSSR count). The van der Waals surface area contributed by atoms with Crippen molar-refractivity contribution in [3.05, 3.63) is 90.0 Å². The van der Waals surface area contributed by atoms with Gasteiger partial charge >= 0.3 is 0 Å². The molecule has 0 spiro atoms. The van der Waals surface area contributed by atoms with Gasteiger partial charge in [0.05, 0.1) is 6.20 Å². The lowest BCUT2D eigenvalue weighted by Crippen LogP contribution is -2.15. The quantitative estimate of drug-likeness (QED) is 0.456. The van der Waals surface area contributed by atoms with E-state index >= 15 is 0 Å². The van der Waals surface area contributed by atoms with Crippen LogP contribution in [0.15, 0.2) is 72.9 Å². The van der Waals surface area contributed by atoms with Gasteiger partial charge in [-0.25, -0.2) is 10.1 Å². The third-order valence-electron chi connectivity index (χ3n) is 5.00. The molecule has 0 aliphatic carbocycles. The first-order chi connectivity index (χ1) is 15.2. The van der Waals surface area contributed by atoms with Crippen molar-refractivity contribution in [3.8, 4) is 5.75 Å². The highest BCUT2D eigenvalue weighted by molar-refractivity contribution is 5.63. The largest absolute Gasteiger partial charge is 0.478 e. The number of rotatable bonds is 6. The second-order valence-corrected chi connectivity index (χ2v) is 7.10. The fraction of sp³-hybridized carbons (Fsp3) is 0.136. The minimum atomic E-state index is -0.439. The Bertz CT molecular complexity index is 1280. The van der Waals surface area contributed by atoms with Crippen LogP contribution in [0.4, 0.5) is 11.5 Å². The fourth-order valence-corrected chi connectivity index (χ4v) is 3.46. The summed E-state index contributed by atoms with van der Waals surface area (Å²) in [6.45, 7) is 1.98. The van der Waals surface area contributed by atoms with Crippen LogP contribution in [0.2, 0.25) is 0 Å². The molecule has 3 heterocycles. The summed E-state index contributed by atoms with van der Waals surface area (Å²) in [7, 11) is 2.00. The zero-order chi connectivity index (χ0) is 21.2. The number of aromatic amines is 1. The standard InChI is InChI=1S/C22H20N8O/c1-15-14-20(30-19(24-15)12-13-23-30)29(2)17-8-10-18(11-9-17)31-21(22-25-27-28-26-22)16-6-4-3-5-7-16/h3-14,21H,1-2H3,(H,25,26,27,28). The third kappa shape index (κ3) is 3.68. The molecule has 9 nitrogen and oxygen atoms in total. The normalized spacial score (nSPS) is 12.1. The van der Waals surface area contributed by atoms with Crippen molar-refractivity contribution in [1.29, 1.82) is 0 Å². The van der Waals surface area contributed by atoms with E-state index in [2.05, 4.69) is 35.6 Å². The maximum atomic E-state index is 6.24. The molecular formula is C22H20N8O. The second kappa shape index (κ2) is 7.86. The van der Waals surface area contributed by atoms with Crippen LogP contribution in [0.1, 0.15) is 23.2 Å². The third-order valence-corrected chi connectivity index (χ3v) is 5.00. The number of aryl methyl sites for hydroxylation is 1. The van der Waals surface area contributed by atoms with E-state index in [0.29, 0.717) is 11.6 Å². The summed E-state index contributed by atoms with van der Waals surface area (Å²) in [4.78, 5) is 6.57. The van der Waals surface area contributed by atoms with E-state index in [1.165, 1.54) is 0 Å². The number of anilines is 2. The molecule has 0 bridgehead atoms. The van der Waals surface area contributed by atoms with Crippen molar-refractivity contribution < 1.29 is 4.74 Å². The molecule has 0 amide bonds. The van der Waals surface area contributed by atoms with E-state index < -0.39 is 6.10 Å². The maximum absolute atomic E-state index is 6.24. The van der Waals surface area contributed by atoms with Crippen LogP contribution >= 0.6 is 0 Å². The Hall–Kier alpha value is -4.27. The van der Waals surface area contributed by atoms with E-state index in [1.54, 1.807) is 6.20 Å². The van der Waals surface area contributed by atoms with Crippen molar-refractivity contribution in [2.45, 2.75) is 13.0 Å². The van der Waals surface area contributed by atoms with Crippen molar-refractivity contribution in [3.63, 3.8) is 0 Å². The van der Waals surface area contributed by atoms with E-state index in [-0.39, 0.29) is 0 Å². The minimum Gasteiger partial charge on any atom is -0.478 e. The van der Waals surface area contributed by atoms with Gasteiger partial charge in [-0.3, -0.25) is 0 Å². The van der Waals surface area contributed by atoms with Gasteiger partial charge in [0.25, 0.3) is 0 Å². The highest BCUT2D eigenvalue weighted by atomic mass is 16.5. The number of ether oxygens (including phenoxy) is 1. The Morgan fingerprint density at radius 2 is 1.84 bits per heavy atom. The molecule has 0 saturated carbocycles. The summed E-state index contributed by atoms with van der Waals surface area (Å²) < 4.78 is 8.06. The number of tetrazole rings is 1. The number of aromatic nitrogens is 7. The number of nitrogens with zero attached hydrogens (tertiary/aromatic N) is 7. The number of hydrogen-bond donors (Lipinski definition) is 1. The molecule has 9 heteroatoms. The van der Waals surface area contributed by atoms with Crippen LogP contribution in [0, 0.1) is 6.92 Å². The molecule has 0 fully saturated rings. The van der Waals surface area contributed by atoms with Crippen molar-refractivity contribution in [1.82, 2.24) is 35.2 Å². The highest BCUT2D eigenvalue weighted by Gasteiger charge is 2.20. The Morgan fingerprint density at radius 3 is 2.58 bits per heavy atom. The minimum absolute atomic E-state index is 0.439. The Kier molecular flexibility index (Phi) is 4.75. The van der Waals surface area contributed by atoms with E-state index in [1.807, 2.05) is 85.2 Å². The number of fused-ring (bicyclic) bond motifs is 1. The Balaban J connectivity index is 1.42. The lowest BCUT2D eigenvalue weighted by molar-refractivity contribution is 0.237. The van der Waals surface area contributed by atoms with Crippen LogP contribution in [-0.4, -0.2) is 42.3 Å². The van der Waals surface area contributed by atoms with Crippen molar-refractivity contribution >= 4 is 17.2 Å². The highest BCUT2D eigenvalue weighted by Crippen LogP contribution is 2.30. The molecular weight excluding hydrogens is 392 g/mol. The molecule has 1 atom stereocenters. The topological polar surface area (TPSA) is 97.1 Å². The molecule has 3 aromatic heterocycles. The van der Waals surface area contributed by atoms with Crippen LogP contribution < -0.4 is 9.64 Å². The number of benzene rings is 2. The van der Waals surface area contributed by atoms with Crippen molar-refractivity contribution in [2.75, 3.05) is 11.9 Å². The summed E-state index contributed by atoms with van der Waals surface area (Å²) >= 11 is 0. The van der Waals surface area contributed by atoms with E-state index in [4.69, 9.17) is 4.74 Å². The van der Waals surface area contributed by atoms with Gasteiger partial charge in [0.15, 0.2) is 17.6 Å². The summed E-state index contributed by atoms with van der Waals surface area (Å²) in [5.41, 5.74) is 3.69. The van der Waals surface area contributed by atoms with Gasteiger partial charge in [0, 0.05) is 36.1 Å². The van der Waals surface area contributed by atoms with Gasteiger partial charge < -0.3 is 9.64 Å². The SMILES string of the molecule is Cc1cc(N(C)c2ccc(OC(c3ccccc3)c3nnn[nH]3)cc2)n2nccc2n1. The van der Waals surface area contributed by atoms with Gasteiger partial charge in [-0.15, -0.1) is 5.10 Å². The molecule has 154 valence electrons. The van der Waals surface area contributed by atoms with Gasteiger partial charge in [0.2, 0.25) is 0 Å². The summed E-state index contributed by atoms with van der Waals surface area (Å²) in [5, 5.41) is 18.6. The molecule has 0 saturated heterocycles.